The van der Waals surface area contributed by atoms with Crippen molar-refractivity contribution in [3.63, 3.8) is 0 Å². The highest BCUT2D eigenvalue weighted by molar-refractivity contribution is 6.34. The predicted molar refractivity (Wildman–Crippen MR) is 146 cm³/mol. The number of halogens is 2. The summed E-state index contributed by atoms with van der Waals surface area (Å²) in [6.45, 7) is 11.0. The Balaban J connectivity index is 1.43. The van der Waals surface area contributed by atoms with Crippen LogP contribution in [0.1, 0.15) is 65.4 Å². The summed E-state index contributed by atoms with van der Waals surface area (Å²) in [7, 11) is 1.38. The van der Waals surface area contributed by atoms with Crippen molar-refractivity contribution in [1.29, 1.82) is 0 Å². The Morgan fingerprint density at radius 2 is 1.92 bits per heavy atom. The Bertz CT molecular complexity index is 1100. The zero-order chi connectivity index (χ0) is 26.7. The monoisotopic (exact) mass is 532 g/mol. The molecule has 0 spiro atoms. The molecule has 0 saturated heterocycles. The molecule has 0 radical (unpaired) electrons. The van der Waals surface area contributed by atoms with Gasteiger partial charge in [0, 0.05) is 36.4 Å². The summed E-state index contributed by atoms with van der Waals surface area (Å²) in [5.41, 5.74) is 0.760. The van der Waals surface area contributed by atoms with Crippen LogP contribution in [0.25, 0.3) is 0 Å². The quantitative estimate of drug-likeness (QED) is 0.333. The molecule has 10 heteroatoms. The van der Waals surface area contributed by atoms with E-state index < -0.39 is 5.82 Å². The first-order chi connectivity index (χ1) is 17.7. The number of urea groups is 1. The molecule has 2 aliphatic rings. The average Bonchev–Trinajstić information content (AvgIpc) is 3.68. The predicted octanol–water partition coefficient (Wildman–Crippen LogP) is 6.09. The van der Waals surface area contributed by atoms with E-state index in [1.165, 1.54) is 24.1 Å². The lowest BCUT2D eigenvalue weighted by molar-refractivity contribution is 0.171. The summed E-state index contributed by atoms with van der Waals surface area (Å²) in [6, 6.07) is 3.78. The van der Waals surface area contributed by atoms with Crippen molar-refractivity contribution in [3.8, 4) is 5.75 Å². The SMILES string of the molecule is COc1ccc(Cl)c(N2Cc3cnc(NCCCCCN(C(C)C)C(C)C)nc3N(C3CC3)C2=O)c1F. The van der Waals surface area contributed by atoms with E-state index in [1.807, 2.05) is 0 Å². The molecule has 1 fully saturated rings. The van der Waals surface area contributed by atoms with Crippen LogP contribution in [0, 0.1) is 5.82 Å². The number of hydrogen-bond acceptors (Lipinski definition) is 6. The van der Waals surface area contributed by atoms with Gasteiger partial charge < -0.3 is 10.1 Å². The van der Waals surface area contributed by atoms with Crippen LogP contribution in [0.2, 0.25) is 5.02 Å². The number of carbonyl (C=O) groups is 1. The lowest BCUT2D eigenvalue weighted by Crippen LogP contribution is -2.49. The number of hydrogen-bond donors (Lipinski definition) is 1. The minimum Gasteiger partial charge on any atom is -0.494 e. The number of nitrogens with one attached hydrogen (secondary N) is 1. The van der Waals surface area contributed by atoms with Crippen molar-refractivity contribution in [2.45, 2.75) is 84.5 Å². The maximum Gasteiger partial charge on any atom is 0.330 e. The highest BCUT2D eigenvalue weighted by Crippen LogP contribution is 2.42. The minimum absolute atomic E-state index is 0.0121. The Morgan fingerprint density at radius 1 is 1.19 bits per heavy atom. The highest BCUT2D eigenvalue weighted by Gasteiger charge is 2.43. The molecule has 1 aromatic carbocycles. The van der Waals surface area contributed by atoms with Gasteiger partial charge in [-0.3, -0.25) is 14.7 Å². The zero-order valence-corrected chi connectivity index (χ0v) is 23.2. The Morgan fingerprint density at radius 3 is 2.57 bits per heavy atom. The highest BCUT2D eigenvalue weighted by atomic mass is 35.5. The second kappa shape index (κ2) is 11.8. The van der Waals surface area contributed by atoms with Crippen LogP contribution in [0.4, 0.5) is 26.6 Å². The molecular formula is C27H38ClFN6O2. The van der Waals surface area contributed by atoms with E-state index >= 15 is 4.39 Å². The van der Waals surface area contributed by atoms with E-state index in [0.29, 0.717) is 23.8 Å². The van der Waals surface area contributed by atoms with Crippen LogP contribution in [0.3, 0.4) is 0 Å². The fourth-order valence-corrected chi connectivity index (χ4v) is 5.18. The molecule has 1 N–H and O–H groups in total. The van der Waals surface area contributed by atoms with Gasteiger partial charge in [-0.15, -0.1) is 0 Å². The standard InChI is InChI=1S/C27H38ClFN6O2/c1-17(2)33(18(3)4)14-8-6-7-13-30-26-31-15-19-16-34(24-21(28)11-12-22(37-5)23(24)29)27(36)35(20-9-10-20)25(19)32-26/h11-12,15,17-18,20H,6-10,13-14,16H2,1-5H3,(H,30,31,32). The average molecular weight is 533 g/mol. The molecular weight excluding hydrogens is 495 g/mol. The van der Waals surface area contributed by atoms with Gasteiger partial charge in [-0.2, -0.15) is 4.98 Å². The number of unbranched alkanes of at least 4 members (excludes halogenated alkanes) is 2. The first-order valence-corrected chi connectivity index (χ1v) is 13.6. The number of rotatable bonds is 12. The second-order valence-electron chi connectivity index (χ2n) is 10.3. The van der Waals surface area contributed by atoms with E-state index in [4.69, 9.17) is 21.3 Å². The van der Waals surface area contributed by atoms with E-state index in [-0.39, 0.29) is 35.1 Å². The lowest BCUT2D eigenvalue weighted by Gasteiger charge is -2.36. The second-order valence-corrected chi connectivity index (χ2v) is 10.7. The van der Waals surface area contributed by atoms with Crippen molar-refractivity contribution < 1.29 is 13.9 Å². The third-order valence-electron chi connectivity index (χ3n) is 6.97. The van der Waals surface area contributed by atoms with Crippen molar-refractivity contribution >= 4 is 35.1 Å². The van der Waals surface area contributed by atoms with Gasteiger partial charge in [0.2, 0.25) is 5.95 Å². The van der Waals surface area contributed by atoms with Gasteiger partial charge in [0.25, 0.3) is 0 Å². The van der Waals surface area contributed by atoms with E-state index in [0.717, 1.165) is 50.8 Å². The summed E-state index contributed by atoms with van der Waals surface area (Å²) in [5.74, 6) is 0.465. The van der Waals surface area contributed by atoms with Gasteiger partial charge in [0.15, 0.2) is 11.6 Å². The van der Waals surface area contributed by atoms with E-state index in [2.05, 4.69) is 42.9 Å². The fraction of sp³-hybridized carbons (Fsp3) is 0.593. The van der Waals surface area contributed by atoms with Crippen molar-refractivity contribution in [2.75, 3.05) is 35.3 Å². The maximum atomic E-state index is 15.2. The van der Waals surface area contributed by atoms with Crippen LogP contribution in [0.5, 0.6) is 5.75 Å². The van der Waals surface area contributed by atoms with Crippen LogP contribution < -0.4 is 19.9 Å². The molecule has 1 aliphatic carbocycles. The molecule has 2 amide bonds. The number of fused-ring (bicyclic) bond motifs is 1. The van der Waals surface area contributed by atoms with Crippen LogP contribution in [-0.2, 0) is 6.54 Å². The number of benzene rings is 1. The molecule has 1 aromatic heterocycles. The Labute approximate surface area is 224 Å². The van der Waals surface area contributed by atoms with Gasteiger partial charge in [-0.05, 0) is 72.1 Å². The normalized spacial score (nSPS) is 15.7. The number of ether oxygens (including phenoxy) is 1. The molecule has 0 atom stereocenters. The summed E-state index contributed by atoms with van der Waals surface area (Å²) in [6.07, 6.45) is 6.74. The summed E-state index contributed by atoms with van der Waals surface area (Å²) in [4.78, 5) is 28.3. The van der Waals surface area contributed by atoms with Crippen LogP contribution >= 0.6 is 11.6 Å². The van der Waals surface area contributed by atoms with Gasteiger partial charge in [-0.1, -0.05) is 18.0 Å². The number of amides is 2. The molecule has 4 rings (SSSR count). The molecule has 202 valence electrons. The molecule has 2 aromatic rings. The summed E-state index contributed by atoms with van der Waals surface area (Å²) in [5, 5.41) is 3.46. The number of nitrogens with zero attached hydrogens (tertiary/aromatic N) is 5. The van der Waals surface area contributed by atoms with Crippen LogP contribution in [-0.4, -0.2) is 59.2 Å². The molecule has 37 heavy (non-hydrogen) atoms. The summed E-state index contributed by atoms with van der Waals surface area (Å²) >= 11 is 6.34. The van der Waals surface area contributed by atoms with Gasteiger partial charge in [-0.25, -0.2) is 14.2 Å². The van der Waals surface area contributed by atoms with E-state index in [1.54, 1.807) is 11.1 Å². The fourth-order valence-electron chi connectivity index (χ4n) is 4.93. The molecule has 0 unspecified atom stereocenters. The topological polar surface area (TPSA) is 73.8 Å². The van der Waals surface area contributed by atoms with Gasteiger partial charge in [0.1, 0.15) is 11.5 Å². The lowest BCUT2D eigenvalue weighted by atomic mass is 10.1. The molecule has 8 nitrogen and oxygen atoms in total. The van der Waals surface area contributed by atoms with Crippen molar-refractivity contribution in [3.05, 3.63) is 34.7 Å². The summed E-state index contributed by atoms with van der Waals surface area (Å²) < 4.78 is 20.3. The molecule has 1 aliphatic heterocycles. The van der Waals surface area contributed by atoms with Crippen molar-refractivity contribution in [1.82, 2.24) is 14.9 Å². The zero-order valence-electron chi connectivity index (χ0n) is 22.4. The number of methoxy groups -OCH3 is 1. The largest absolute Gasteiger partial charge is 0.494 e. The number of anilines is 3. The first kappa shape index (κ1) is 27.4. The van der Waals surface area contributed by atoms with Gasteiger partial charge >= 0.3 is 6.03 Å². The Hall–Kier alpha value is -2.65. The number of carbonyl (C=O) groups excluding carboxylic acids is 1. The molecule has 0 bridgehead atoms. The Kier molecular flexibility index (Phi) is 8.75. The van der Waals surface area contributed by atoms with Crippen LogP contribution in [0.15, 0.2) is 18.3 Å². The smallest absolute Gasteiger partial charge is 0.330 e. The van der Waals surface area contributed by atoms with Crippen molar-refractivity contribution in [2.24, 2.45) is 0 Å². The molecule has 2 heterocycles. The molecule has 1 saturated carbocycles. The third kappa shape index (κ3) is 6.09. The minimum atomic E-state index is -0.660. The maximum absolute atomic E-state index is 15.2. The third-order valence-corrected chi connectivity index (χ3v) is 7.28. The van der Waals surface area contributed by atoms with E-state index in [9.17, 15) is 4.79 Å². The first-order valence-electron chi connectivity index (χ1n) is 13.2. The number of aromatic nitrogens is 2. The van der Waals surface area contributed by atoms with Gasteiger partial charge in [0.05, 0.1) is 18.7 Å².